The van der Waals surface area contributed by atoms with E-state index in [2.05, 4.69) is 5.32 Å². The molecule has 0 radical (unpaired) electrons. The minimum absolute atomic E-state index is 0.331. The summed E-state index contributed by atoms with van der Waals surface area (Å²) in [5.41, 5.74) is 1.94. The van der Waals surface area contributed by atoms with Crippen molar-refractivity contribution in [2.24, 2.45) is 0 Å². The van der Waals surface area contributed by atoms with Crippen LogP contribution in [0.4, 0.5) is 5.69 Å². The van der Waals surface area contributed by atoms with Crippen molar-refractivity contribution < 1.29 is 14.3 Å². The monoisotopic (exact) mass is 277 g/mol. The number of anilines is 1. The van der Waals surface area contributed by atoms with E-state index in [1.54, 1.807) is 18.6 Å². The van der Waals surface area contributed by atoms with Gasteiger partial charge in [0.2, 0.25) is 0 Å². The fourth-order valence-corrected chi connectivity index (χ4v) is 2.59. The average Bonchev–Trinajstić information content (AvgIpc) is 2.89. The van der Waals surface area contributed by atoms with Gasteiger partial charge in [-0.1, -0.05) is 13.0 Å². The third-order valence-electron chi connectivity index (χ3n) is 2.60. The van der Waals surface area contributed by atoms with Gasteiger partial charge in [0.15, 0.2) is 0 Å². The lowest BCUT2D eigenvalue weighted by Crippen LogP contribution is -2.07. The van der Waals surface area contributed by atoms with Crippen molar-refractivity contribution in [1.82, 2.24) is 0 Å². The second-order valence-electron chi connectivity index (χ2n) is 3.90. The van der Waals surface area contributed by atoms with Gasteiger partial charge in [0.05, 0.1) is 23.8 Å². The number of thioether (sulfide) groups is 1. The zero-order valence-corrected chi connectivity index (χ0v) is 11.4. The molecule has 0 unspecified atom stereocenters. The highest BCUT2D eigenvalue weighted by Crippen LogP contribution is 2.28. The standard InChI is InChI=1S/C14H15NO3S/c1-2-19-12-5-3-4-11(13(12)14(16)17)15-8-10-6-7-18-9-10/h3-7,9,15H,2,8H2,1H3,(H,16,17). The Labute approximate surface area is 115 Å². The molecule has 0 amide bonds. The summed E-state index contributed by atoms with van der Waals surface area (Å²) in [4.78, 5) is 12.2. The van der Waals surface area contributed by atoms with Crippen LogP contribution in [0.2, 0.25) is 0 Å². The highest BCUT2D eigenvalue weighted by atomic mass is 32.2. The molecule has 2 rings (SSSR count). The summed E-state index contributed by atoms with van der Waals surface area (Å²) >= 11 is 1.53. The van der Waals surface area contributed by atoms with Crippen molar-refractivity contribution in [1.29, 1.82) is 0 Å². The molecule has 1 aromatic carbocycles. The van der Waals surface area contributed by atoms with Gasteiger partial charge in [-0.3, -0.25) is 0 Å². The molecule has 0 saturated heterocycles. The topological polar surface area (TPSA) is 62.5 Å². The Bertz CT molecular complexity index is 552. The SMILES string of the molecule is CCSc1cccc(NCc2ccoc2)c1C(=O)O. The summed E-state index contributed by atoms with van der Waals surface area (Å²) in [6.45, 7) is 2.54. The van der Waals surface area contributed by atoms with Crippen LogP contribution in [0.25, 0.3) is 0 Å². The third-order valence-corrected chi connectivity index (χ3v) is 3.54. The molecule has 0 aliphatic heterocycles. The number of carbonyl (C=O) groups is 1. The number of aromatic carboxylic acids is 1. The minimum atomic E-state index is -0.911. The summed E-state index contributed by atoms with van der Waals surface area (Å²) in [5.74, 6) is -0.0721. The third kappa shape index (κ3) is 3.32. The van der Waals surface area contributed by atoms with E-state index in [1.807, 2.05) is 25.1 Å². The number of nitrogens with one attached hydrogen (secondary N) is 1. The molecule has 4 nitrogen and oxygen atoms in total. The van der Waals surface area contributed by atoms with Crippen LogP contribution in [0.3, 0.4) is 0 Å². The fourth-order valence-electron chi connectivity index (χ4n) is 1.77. The highest BCUT2D eigenvalue weighted by molar-refractivity contribution is 7.99. The number of furan rings is 1. The van der Waals surface area contributed by atoms with E-state index < -0.39 is 5.97 Å². The Morgan fingerprint density at radius 1 is 1.42 bits per heavy atom. The molecule has 1 aromatic heterocycles. The molecule has 100 valence electrons. The predicted octanol–water partition coefficient (Wildman–Crippen LogP) is 3.70. The molecule has 0 bridgehead atoms. The van der Waals surface area contributed by atoms with Crippen LogP contribution in [0.15, 0.2) is 46.1 Å². The van der Waals surface area contributed by atoms with Crippen LogP contribution in [0.1, 0.15) is 22.8 Å². The predicted molar refractivity (Wildman–Crippen MR) is 75.8 cm³/mol. The lowest BCUT2D eigenvalue weighted by Gasteiger charge is -2.12. The zero-order valence-electron chi connectivity index (χ0n) is 10.6. The van der Waals surface area contributed by atoms with Crippen molar-refractivity contribution >= 4 is 23.4 Å². The van der Waals surface area contributed by atoms with Crippen molar-refractivity contribution in [2.45, 2.75) is 18.4 Å². The smallest absolute Gasteiger partial charge is 0.338 e. The van der Waals surface area contributed by atoms with E-state index in [-0.39, 0.29) is 0 Å². The Morgan fingerprint density at radius 3 is 2.89 bits per heavy atom. The van der Waals surface area contributed by atoms with Gasteiger partial charge in [-0.25, -0.2) is 4.79 Å². The first-order valence-corrected chi connectivity index (χ1v) is 6.95. The Morgan fingerprint density at radius 2 is 2.26 bits per heavy atom. The maximum absolute atomic E-state index is 11.4. The molecule has 0 atom stereocenters. The van der Waals surface area contributed by atoms with Crippen LogP contribution in [0.5, 0.6) is 0 Å². The first-order valence-electron chi connectivity index (χ1n) is 5.96. The number of hydrogen-bond acceptors (Lipinski definition) is 4. The quantitative estimate of drug-likeness (QED) is 0.788. The van der Waals surface area contributed by atoms with Crippen molar-refractivity contribution in [3.05, 3.63) is 47.9 Å². The Kier molecular flexibility index (Phi) is 4.52. The first-order chi connectivity index (χ1) is 9.22. The molecule has 19 heavy (non-hydrogen) atoms. The average molecular weight is 277 g/mol. The van der Waals surface area contributed by atoms with Gasteiger partial charge < -0.3 is 14.8 Å². The second kappa shape index (κ2) is 6.33. The van der Waals surface area contributed by atoms with E-state index in [0.29, 0.717) is 17.8 Å². The maximum atomic E-state index is 11.4. The summed E-state index contributed by atoms with van der Waals surface area (Å²) in [5, 5.41) is 12.5. The van der Waals surface area contributed by atoms with Gasteiger partial charge in [0.25, 0.3) is 0 Å². The molecular formula is C14H15NO3S. The lowest BCUT2D eigenvalue weighted by molar-refractivity contribution is 0.0694. The molecule has 0 aliphatic rings. The summed E-state index contributed by atoms with van der Waals surface area (Å²) in [7, 11) is 0. The van der Waals surface area contributed by atoms with Gasteiger partial charge in [-0.05, 0) is 24.0 Å². The van der Waals surface area contributed by atoms with Gasteiger partial charge in [0, 0.05) is 17.0 Å². The highest BCUT2D eigenvalue weighted by Gasteiger charge is 2.15. The normalized spacial score (nSPS) is 10.4. The maximum Gasteiger partial charge on any atom is 0.338 e. The van der Waals surface area contributed by atoms with Gasteiger partial charge in [-0.15, -0.1) is 11.8 Å². The molecule has 2 N–H and O–H groups in total. The first kappa shape index (κ1) is 13.5. The lowest BCUT2D eigenvalue weighted by atomic mass is 10.1. The van der Waals surface area contributed by atoms with E-state index >= 15 is 0 Å². The molecule has 0 aliphatic carbocycles. The van der Waals surface area contributed by atoms with Gasteiger partial charge in [-0.2, -0.15) is 0 Å². The van der Waals surface area contributed by atoms with Crippen LogP contribution < -0.4 is 5.32 Å². The van der Waals surface area contributed by atoms with E-state index in [0.717, 1.165) is 16.2 Å². The summed E-state index contributed by atoms with van der Waals surface area (Å²) in [6, 6.07) is 7.32. The van der Waals surface area contributed by atoms with Gasteiger partial charge >= 0.3 is 5.97 Å². The molecular weight excluding hydrogens is 262 g/mol. The Balaban J connectivity index is 2.23. The zero-order chi connectivity index (χ0) is 13.7. The van der Waals surface area contributed by atoms with Crippen molar-refractivity contribution in [3.63, 3.8) is 0 Å². The second-order valence-corrected chi connectivity index (χ2v) is 5.21. The van der Waals surface area contributed by atoms with E-state index in [4.69, 9.17) is 4.42 Å². The molecule has 0 spiro atoms. The molecule has 5 heteroatoms. The van der Waals surface area contributed by atoms with E-state index in [9.17, 15) is 9.90 Å². The fraction of sp³-hybridized carbons (Fsp3) is 0.214. The molecule has 2 aromatic rings. The van der Waals surface area contributed by atoms with Crippen LogP contribution in [0, 0.1) is 0 Å². The Hall–Kier alpha value is -1.88. The minimum Gasteiger partial charge on any atom is -0.478 e. The molecule has 0 fully saturated rings. The molecule has 1 heterocycles. The number of carboxylic acids is 1. The number of hydrogen-bond donors (Lipinski definition) is 2. The van der Waals surface area contributed by atoms with Crippen LogP contribution in [-0.4, -0.2) is 16.8 Å². The number of benzene rings is 1. The van der Waals surface area contributed by atoms with Crippen molar-refractivity contribution in [3.8, 4) is 0 Å². The van der Waals surface area contributed by atoms with E-state index in [1.165, 1.54) is 11.8 Å². The number of carboxylic acid groups (broad SMARTS) is 1. The summed E-state index contributed by atoms with van der Waals surface area (Å²) < 4.78 is 4.98. The molecule has 0 saturated carbocycles. The summed E-state index contributed by atoms with van der Waals surface area (Å²) in [6.07, 6.45) is 3.23. The van der Waals surface area contributed by atoms with Crippen LogP contribution in [-0.2, 0) is 6.54 Å². The van der Waals surface area contributed by atoms with Crippen LogP contribution >= 0.6 is 11.8 Å². The van der Waals surface area contributed by atoms with Crippen molar-refractivity contribution in [2.75, 3.05) is 11.1 Å². The largest absolute Gasteiger partial charge is 0.478 e. The number of rotatable bonds is 6. The van der Waals surface area contributed by atoms with Gasteiger partial charge in [0.1, 0.15) is 0 Å².